The third kappa shape index (κ3) is 4.73. The molecule has 1 heterocycles. The molecule has 1 N–H and O–H groups in total. The van der Waals surface area contributed by atoms with Crippen molar-refractivity contribution in [1.29, 1.82) is 0 Å². The molecular formula is C21H28N2O3. The first-order valence-corrected chi connectivity index (χ1v) is 9.62. The van der Waals surface area contributed by atoms with Crippen LogP contribution >= 0.6 is 0 Å². The minimum atomic E-state index is -0.327. The quantitative estimate of drug-likeness (QED) is 0.778. The molecule has 0 aromatic heterocycles. The molecule has 3 rings (SSSR count). The zero-order valence-corrected chi connectivity index (χ0v) is 15.2. The number of hydrogen-bond acceptors (Lipinski definition) is 3. The van der Waals surface area contributed by atoms with Crippen molar-refractivity contribution in [3.05, 3.63) is 42.0 Å². The number of hydrogen-bond donors (Lipinski definition) is 1. The van der Waals surface area contributed by atoms with Gasteiger partial charge in [0.1, 0.15) is 6.04 Å². The third-order valence-corrected chi connectivity index (χ3v) is 5.08. The summed E-state index contributed by atoms with van der Waals surface area (Å²) in [6, 6.07) is 9.64. The molecule has 2 aliphatic rings. The van der Waals surface area contributed by atoms with Crippen LogP contribution in [0.25, 0.3) is 6.08 Å². The van der Waals surface area contributed by atoms with E-state index in [4.69, 9.17) is 5.11 Å². The van der Waals surface area contributed by atoms with Crippen LogP contribution < -0.4 is 0 Å². The van der Waals surface area contributed by atoms with E-state index in [0.29, 0.717) is 26.1 Å². The fourth-order valence-electron chi connectivity index (χ4n) is 3.50. The number of aliphatic hydroxyl groups excluding tert-OH is 1. The molecule has 1 aromatic carbocycles. The Morgan fingerprint density at radius 3 is 2.65 bits per heavy atom. The predicted octanol–water partition coefficient (Wildman–Crippen LogP) is 2.31. The SMILES string of the molecule is O=C([C@@H]1CCCN1C(=O)C1CC1)N(C/C=C/c1ccccc1)CCCO. The van der Waals surface area contributed by atoms with Gasteiger partial charge in [0, 0.05) is 32.2 Å². The number of likely N-dealkylation sites (tertiary alicyclic amines) is 1. The van der Waals surface area contributed by atoms with Gasteiger partial charge in [-0.3, -0.25) is 9.59 Å². The Labute approximate surface area is 155 Å². The maximum Gasteiger partial charge on any atom is 0.245 e. The number of carbonyl (C=O) groups is 2. The van der Waals surface area contributed by atoms with E-state index in [-0.39, 0.29) is 30.4 Å². The van der Waals surface area contributed by atoms with Crippen LogP contribution in [0.2, 0.25) is 0 Å². The molecule has 5 heteroatoms. The molecule has 0 bridgehead atoms. The van der Waals surface area contributed by atoms with Crippen LogP contribution in [-0.4, -0.2) is 59.0 Å². The van der Waals surface area contributed by atoms with Gasteiger partial charge < -0.3 is 14.9 Å². The summed E-state index contributed by atoms with van der Waals surface area (Å²) in [6.45, 7) is 1.76. The minimum Gasteiger partial charge on any atom is -0.396 e. The molecule has 5 nitrogen and oxygen atoms in total. The highest BCUT2D eigenvalue weighted by atomic mass is 16.3. The summed E-state index contributed by atoms with van der Waals surface area (Å²) in [5.74, 6) is 0.317. The number of benzene rings is 1. The number of rotatable bonds is 8. The van der Waals surface area contributed by atoms with Crippen LogP contribution in [0, 0.1) is 5.92 Å². The molecule has 140 valence electrons. The first kappa shape index (κ1) is 18.6. The van der Waals surface area contributed by atoms with E-state index in [1.165, 1.54) is 0 Å². The first-order chi connectivity index (χ1) is 12.7. The summed E-state index contributed by atoms with van der Waals surface area (Å²) >= 11 is 0. The van der Waals surface area contributed by atoms with Crippen LogP contribution in [0.3, 0.4) is 0 Å². The largest absolute Gasteiger partial charge is 0.396 e. The van der Waals surface area contributed by atoms with Crippen LogP contribution in [0.1, 0.15) is 37.7 Å². The Bertz CT molecular complexity index is 640. The zero-order chi connectivity index (χ0) is 18.4. The Hall–Kier alpha value is -2.14. The molecule has 1 atom stereocenters. The van der Waals surface area contributed by atoms with Crippen LogP contribution in [-0.2, 0) is 9.59 Å². The second-order valence-electron chi connectivity index (χ2n) is 7.14. The van der Waals surface area contributed by atoms with Gasteiger partial charge in [-0.1, -0.05) is 42.5 Å². The van der Waals surface area contributed by atoms with Gasteiger partial charge in [-0.15, -0.1) is 0 Å². The van der Waals surface area contributed by atoms with Crippen molar-refractivity contribution in [2.24, 2.45) is 5.92 Å². The van der Waals surface area contributed by atoms with E-state index in [1.54, 1.807) is 9.80 Å². The molecule has 1 aromatic rings. The van der Waals surface area contributed by atoms with E-state index in [1.807, 2.05) is 42.5 Å². The summed E-state index contributed by atoms with van der Waals surface area (Å²) in [5, 5.41) is 9.17. The molecule has 2 fully saturated rings. The summed E-state index contributed by atoms with van der Waals surface area (Å²) in [6.07, 6.45) is 8.09. The Kier molecular flexibility index (Phi) is 6.45. The van der Waals surface area contributed by atoms with Gasteiger partial charge in [-0.25, -0.2) is 0 Å². The zero-order valence-electron chi connectivity index (χ0n) is 15.2. The van der Waals surface area contributed by atoms with Crippen molar-refractivity contribution in [1.82, 2.24) is 9.80 Å². The molecule has 1 aliphatic heterocycles. The lowest BCUT2D eigenvalue weighted by atomic mass is 10.1. The summed E-state index contributed by atoms with van der Waals surface area (Å²) in [5.41, 5.74) is 1.09. The molecule has 26 heavy (non-hydrogen) atoms. The molecule has 2 amide bonds. The smallest absolute Gasteiger partial charge is 0.245 e. The average Bonchev–Trinajstić information content (AvgIpc) is 3.40. The summed E-state index contributed by atoms with van der Waals surface area (Å²) in [7, 11) is 0. The number of amides is 2. The van der Waals surface area contributed by atoms with Crippen LogP contribution in [0.15, 0.2) is 36.4 Å². The standard InChI is InChI=1S/C21H28N2O3/c24-16-6-14-22(13-4-9-17-7-2-1-3-8-17)21(26)19-10-5-15-23(19)20(25)18-11-12-18/h1-4,7-9,18-19,24H,5-6,10-16H2/b9-4+/t19-/m0/s1. The van der Waals surface area contributed by atoms with Crippen LogP contribution in [0.4, 0.5) is 0 Å². The molecule has 1 aliphatic carbocycles. The Morgan fingerprint density at radius 2 is 1.96 bits per heavy atom. The van der Waals surface area contributed by atoms with E-state index >= 15 is 0 Å². The van der Waals surface area contributed by atoms with Gasteiger partial charge in [0.2, 0.25) is 11.8 Å². The molecule has 0 unspecified atom stereocenters. The second-order valence-corrected chi connectivity index (χ2v) is 7.14. The van der Waals surface area contributed by atoms with Gasteiger partial charge in [-0.05, 0) is 37.7 Å². The lowest BCUT2D eigenvalue weighted by Crippen LogP contribution is -2.48. The maximum absolute atomic E-state index is 13.1. The monoisotopic (exact) mass is 356 g/mol. The van der Waals surface area contributed by atoms with Gasteiger partial charge in [0.15, 0.2) is 0 Å². The minimum absolute atomic E-state index is 0.0164. The lowest BCUT2D eigenvalue weighted by Gasteiger charge is -2.30. The molecule has 1 saturated heterocycles. The molecule has 1 saturated carbocycles. The van der Waals surface area contributed by atoms with E-state index < -0.39 is 0 Å². The highest BCUT2D eigenvalue weighted by Gasteiger charge is 2.41. The number of carbonyl (C=O) groups excluding carboxylic acids is 2. The molecule has 0 spiro atoms. The lowest BCUT2D eigenvalue weighted by molar-refractivity contribution is -0.144. The van der Waals surface area contributed by atoms with Gasteiger partial charge in [0.05, 0.1) is 0 Å². The molecule has 0 radical (unpaired) electrons. The van der Waals surface area contributed by atoms with Crippen molar-refractivity contribution in [3.8, 4) is 0 Å². The highest BCUT2D eigenvalue weighted by molar-refractivity contribution is 5.90. The second kappa shape index (κ2) is 8.99. The van der Waals surface area contributed by atoms with E-state index in [9.17, 15) is 9.59 Å². The van der Waals surface area contributed by atoms with Crippen molar-refractivity contribution in [3.63, 3.8) is 0 Å². The Balaban J connectivity index is 1.64. The molecular weight excluding hydrogens is 328 g/mol. The Morgan fingerprint density at radius 1 is 1.19 bits per heavy atom. The number of aliphatic hydroxyl groups is 1. The first-order valence-electron chi connectivity index (χ1n) is 9.62. The summed E-state index contributed by atoms with van der Waals surface area (Å²) in [4.78, 5) is 29.1. The van der Waals surface area contributed by atoms with Gasteiger partial charge in [0.25, 0.3) is 0 Å². The van der Waals surface area contributed by atoms with Crippen molar-refractivity contribution < 1.29 is 14.7 Å². The average molecular weight is 356 g/mol. The normalized spacial score (nSPS) is 19.9. The van der Waals surface area contributed by atoms with Crippen molar-refractivity contribution >= 4 is 17.9 Å². The van der Waals surface area contributed by atoms with Gasteiger partial charge in [-0.2, -0.15) is 0 Å². The van der Waals surface area contributed by atoms with Crippen LogP contribution in [0.5, 0.6) is 0 Å². The number of nitrogens with zero attached hydrogens (tertiary/aromatic N) is 2. The summed E-state index contributed by atoms with van der Waals surface area (Å²) < 4.78 is 0. The van der Waals surface area contributed by atoms with Gasteiger partial charge >= 0.3 is 0 Å². The topological polar surface area (TPSA) is 60.9 Å². The highest BCUT2D eigenvalue weighted by Crippen LogP contribution is 2.34. The fraction of sp³-hybridized carbons (Fsp3) is 0.524. The van der Waals surface area contributed by atoms with Crippen molar-refractivity contribution in [2.75, 3.05) is 26.2 Å². The maximum atomic E-state index is 13.1. The third-order valence-electron chi connectivity index (χ3n) is 5.08. The van der Waals surface area contributed by atoms with Crippen molar-refractivity contribution in [2.45, 2.75) is 38.1 Å². The van der Waals surface area contributed by atoms with E-state index in [0.717, 1.165) is 31.2 Å². The fourth-order valence-corrected chi connectivity index (χ4v) is 3.50. The van der Waals surface area contributed by atoms with E-state index in [2.05, 4.69) is 0 Å². The predicted molar refractivity (Wildman–Crippen MR) is 101 cm³/mol.